The van der Waals surface area contributed by atoms with E-state index < -0.39 is 0 Å². The Morgan fingerprint density at radius 3 is 2.69 bits per heavy atom. The Kier molecular flexibility index (Phi) is 4.79. The van der Waals surface area contributed by atoms with Gasteiger partial charge in [0.2, 0.25) is 5.88 Å². The van der Waals surface area contributed by atoms with E-state index in [0.717, 1.165) is 47.3 Å². The van der Waals surface area contributed by atoms with Crippen molar-refractivity contribution in [3.63, 3.8) is 0 Å². The molecule has 3 heterocycles. The molecule has 0 N–H and O–H groups in total. The number of rotatable bonds is 4. The third-order valence-electron chi connectivity index (χ3n) is 4.53. The van der Waals surface area contributed by atoms with E-state index in [1.54, 1.807) is 12.1 Å². The number of hydrogen-bond donors (Lipinski definition) is 0. The molecule has 0 unspecified atom stereocenters. The first-order chi connectivity index (χ1) is 12.7. The number of ether oxygens (including phenoxy) is 1. The van der Waals surface area contributed by atoms with E-state index in [9.17, 15) is 9.18 Å². The van der Waals surface area contributed by atoms with E-state index in [0.29, 0.717) is 5.88 Å². The number of fused-ring (bicyclic) bond motifs is 1. The van der Waals surface area contributed by atoms with Crippen molar-refractivity contribution in [2.45, 2.75) is 19.3 Å². The quantitative estimate of drug-likeness (QED) is 0.698. The first-order valence-corrected chi connectivity index (χ1v) is 9.49. The fourth-order valence-corrected chi connectivity index (χ4v) is 4.07. The number of likely N-dealkylation sites (tertiary alicyclic amines) is 1. The van der Waals surface area contributed by atoms with Crippen molar-refractivity contribution in [1.29, 1.82) is 0 Å². The molecule has 0 spiro atoms. The number of halogens is 1. The highest BCUT2D eigenvalue weighted by Gasteiger charge is 2.19. The van der Waals surface area contributed by atoms with Gasteiger partial charge in [-0.1, -0.05) is 12.1 Å². The molecular weight excluding hydrogens is 353 g/mol. The van der Waals surface area contributed by atoms with Gasteiger partial charge < -0.3 is 9.64 Å². The lowest BCUT2D eigenvalue weighted by atomic mass is 10.1. The summed E-state index contributed by atoms with van der Waals surface area (Å²) in [5, 5.41) is 2.71. The highest BCUT2D eigenvalue weighted by Crippen LogP contribution is 2.37. The summed E-state index contributed by atoms with van der Waals surface area (Å²) in [6, 6.07) is 6.27. The van der Waals surface area contributed by atoms with Crippen LogP contribution in [0.25, 0.3) is 21.3 Å². The van der Waals surface area contributed by atoms with Crippen LogP contribution in [0.2, 0.25) is 0 Å². The lowest BCUT2D eigenvalue weighted by Crippen LogP contribution is -2.38. The van der Waals surface area contributed by atoms with Gasteiger partial charge in [0, 0.05) is 24.0 Å². The molecule has 3 aromatic rings. The maximum absolute atomic E-state index is 13.2. The average molecular weight is 371 g/mol. The van der Waals surface area contributed by atoms with E-state index in [-0.39, 0.29) is 18.3 Å². The molecule has 0 bridgehead atoms. The zero-order chi connectivity index (χ0) is 17.9. The van der Waals surface area contributed by atoms with Gasteiger partial charge in [0.1, 0.15) is 17.0 Å². The van der Waals surface area contributed by atoms with Crippen LogP contribution in [0.1, 0.15) is 19.3 Å². The normalized spacial score (nSPS) is 14.6. The second-order valence-electron chi connectivity index (χ2n) is 6.25. The molecule has 1 amide bonds. The maximum Gasteiger partial charge on any atom is 0.260 e. The molecule has 1 fully saturated rings. The van der Waals surface area contributed by atoms with E-state index in [1.165, 1.54) is 36.2 Å². The third-order valence-corrected chi connectivity index (χ3v) is 5.42. The van der Waals surface area contributed by atoms with Crippen LogP contribution < -0.4 is 4.74 Å². The number of hydrogen-bond acceptors (Lipinski definition) is 5. The van der Waals surface area contributed by atoms with E-state index in [1.807, 2.05) is 10.3 Å². The number of aromatic nitrogens is 2. The average Bonchev–Trinajstić information content (AvgIpc) is 3.12. The van der Waals surface area contributed by atoms with Crippen LogP contribution >= 0.6 is 11.3 Å². The van der Waals surface area contributed by atoms with E-state index in [2.05, 4.69) is 9.97 Å². The number of carbonyl (C=O) groups is 1. The summed E-state index contributed by atoms with van der Waals surface area (Å²) >= 11 is 1.47. The Labute approximate surface area is 154 Å². The molecule has 1 aliphatic heterocycles. The number of piperidine rings is 1. The van der Waals surface area contributed by atoms with Crippen molar-refractivity contribution in [3.8, 4) is 17.0 Å². The van der Waals surface area contributed by atoms with Gasteiger partial charge in [-0.2, -0.15) is 0 Å². The topological polar surface area (TPSA) is 55.3 Å². The van der Waals surface area contributed by atoms with E-state index >= 15 is 0 Å². The fourth-order valence-electron chi connectivity index (χ4n) is 3.16. The van der Waals surface area contributed by atoms with Crippen molar-refractivity contribution in [2.75, 3.05) is 19.7 Å². The van der Waals surface area contributed by atoms with Crippen LogP contribution in [0.3, 0.4) is 0 Å². The van der Waals surface area contributed by atoms with Crippen molar-refractivity contribution in [2.24, 2.45) is 0 Å². The Bertz CT molecular complexity index is 920. The van der Waals surface area contributed by atoms with Crippen LogP contribution in [0.15, 0.2) is 36.0 Å². The number of amides is 1. The molecule has 1 aliphatic rings. The summed E-state index contributed by atoms with van der Waals surface area (Å²) in [6.07, 6.45) is 4.70. The minimum absolute atomic E-state index is 0.0185. The Morgan fingerprint density at radius 2 is 1.92 bits per heavy atom. The van der Waals surface area contributed by atoms with E-state index in [4.69, 9.17) is 4.74 Å². The molecule has 1 aromatic carbocycles. The monoisotopic (exact) mass is 371 g/mol. The van der Waals surface area contributed by atoms with Crippen molar-refractivity contribution >= 4 is 27.5 Å². The molecule has 1 saturated heterocycles. The van der Waals surface area contributed by atoms with Crippen LogP contribution in [0, 0.1) is 5.82 Å². The molecule has 0 atom stereocenters. The van der Waals surface area contributed by atoms with Crippen LogP contribution in [-0.2, 0) is 4.79 Å². The molecule has 0 saturated carbocycles. The van der Waals surface area contributed by atoms with Gasteiger partial charge in [-0.05, 0) is 37.0 Å². The van der Waals surface area contributed by atoms with Crippen LogP contribution in [-0.4, -0.2) is 40.5 Å². The second-order valence-corrected chi connectivity index (χ2v) is 7.10. The smallest absolute Gasteiger partial charge is 0.260 e. The summed E-state index contributed by atoms with van der Waals surface area (Å²) < 4.78 is 19.0. The lowest BCUT2D eigenvalue weighted by molar-refractivity contribution is -0.134. The maximum atomic E-state index is 13.2. The first-order valence-electron chi connectivity index (χ1n) is 8.61. The van der Waals surface area contributed by atoms with Crippen LogP contribution in [0.4, 0.5) is 4.39 Å². The molecule has 2 aromatic heterocycles. The van der Waals surface area contributed by atoms with Gasteiger partial charge in [0.05, 0.1) is 5.39 Å². The van der Waals surface area contributed by atoms with Crippen LogP contribution in [0.5, 0.6) is 5.88 Å². The van der Waals surface area contributed by atoms with Gasteiger partial charge in [-0.25, -0.2) is 14.4 Å². The number of carbonyl (C=O) groups excluding carboxylic acids is 1. The van der Waals surface area contributed by atoms with Gasteiger partial charge in [0.15, 0.2) is 6.61 Å². The predicted octanol–water partition coefficient (Wildman–Crippen LogP) is 3.89. The summed E-state index contributed by atoms with van der Waals surface area (Å²) in [5.74, 6) is 0.0871. The van der Waals surface area contributed by atoms with Gasteiger partial charge in [0.25, 0.3) is 5.91 Å². The summed E-state index contributed by atoms with van der Waals surface area (Å²) in [4.78, 5) is 23.5. The standard InChI is InChI=1S/C19H18FN3O2S/c20-14-6-4-13(5-7-14)15-11-26-19-17(15)18(21-12-22-19)25-10-16(24)23-8-2-1-3-9-23/h4-7,11-12H,1-3,8-10H2. The Morgan fingerprint density at radius 1 is 1.15 bits per heavy atom. The summed E-state index contributed by atoms with van der Waals surface area (Å²) in [6.45, 7) is 1.55. The van der Waals surface area contributed by atoms with Gasteiger partial charge in [-0.3, -0.25) is 4.79 Å². The fraction of sp³-hybridized carbons (Fsp3) is 0.316. The third kappa shape index (κ3) is 3.39. The highest BCUT2D eigenvalue weighted by molar-refractivity contribution is 7.17. The Hall–Kier alpha value is -2.54. The first kappa shape index (κ1) is 16.9. The Balaban J connectivity index is 1.59. The zero-order valence-electron chi connectivity index (χ0n) is 14.2. The summed E-state index contributed by atoms with van der Waals surface area (Å²) in [7, 11) is 0. The largest absolute Gasteiger partial charge is 0.467 e. The summed E-state index contributed by atoms with van der Waals surface area (Å²) in [5.41, 5.74) is 1.74. The molecule has 0 radical (unpaired) electrons. The highest BCUT2D eigenvalue weighted by atomic mass is 32.1. The predicted molar refractivity (Wildman–Crippen MR) is 98.7 cm³/mol. The second kappa shape index (κ2) is 7.37. The number of thiophene rings is 1. The molecule has 0 aliphatic carbocycles. The minimum Gasteiger partial charge on any atom is -0.467 e. The SMILES string of the molecule is O=C(COc1ncnc2scc(-c3ccc(F)cc3)c12)N1CCCCC1. The molecule has 7 heteroatoms. The molecule has 4 rings (SSSR count). The van der Waals surface area contributed by atoms with Crippen molar-refractivity contribution in [1.82, 2.24) is 14.9 Å². The molecule has 134 valence electrons. The number of benzene rings is 1. The lowest BCUT2D eigenvalue weighted by Gasteiger charge is -2.26. The van der Waals surface area contributed by atoms with Crippen molar-refractivity contribution < 1.29 is 13.9 Å². The number of nitrogens with zero attached hydrogens (tertiary/aromatic N) is 3. The van der Waals surface area contributed by atoms with Crippen molar-refractivity contribution in [3.05, 3.63) is 41.8 Å². The van der Waals surface area contributed by atoms with Gasteiger partial charge >= 0.3 is 0 Å². The zero-order valence-corrected chi connectivity index (χ0v) is 15.0. The molecular formula is C19H18FN3O2S. The van der Waals surface area contributed by atoms with Gasteiger partial charge in [-0.15, -0.1) is 11.3 Å². The molecule has 5 nitrogen and oxygen atoms in total. The minimum atomic E-state index is -0.284. The molecule has 26 heavy (non-hydrogen) atoms.